The largest absolute Gasteiger partial charge is 0.384 e. The van der Waals surface area contributed by atoms with Gasteiger partial charge in [-0.3, -0.25) is 4.79 Å². The molecule has 19 heavy (non-hydrogen) atoms. The molecule has 1 aromatic carbocycles. The minimum atomic E-state index is -0.141. The molecule has 1 heterocycles. The van der Waals surface area contributed by atoms with Gasteiger partial charge in [0.2, 0.25) is 0 Å². The number of carbonyl (C=O) groups is 1. The second-order valence-electron chi connectivity index (χ2n) is 5.33. The van der Waals surface area contributed by atoms with Crippen LogP contribution in [0.2, 0.25) is 0 Å². The third-order valence-electron chi connectivity index (χ3n) is 4.11. The Hall–Kier alpha value is -1.79. The third kappa shape index (κ3) is 2.36. The number of fused-ring (bicyclic) bond motifs is 2. The summed E-state index contributed by atoms with van der Waals surface area (Å²) in [7, 11) is 0. The summed E-state index contributed by atoms with van der Waals surface area (Å²) in [5.41, 5.74) is 1.57. The minimum Gasteiger partial charge on any atom is -0.384 e. The highest BCUT2D eigenvalue weighted by Gasteiger charge is 2.40. The van der Waals surface area contributed by atoms with Gasteiger partial charge in [0.15, 0.2) is 0 Å². The Morgan fingerprint density at radius 3 is 2.68 bits per heavy atom. The molecule has 1 aliphatic heterocycles. The van der Waals surface area contributed by atoms with Gasteiger partial charge in [-0.05, 0) is 49.4 Å². The zero-order chi connectivity index (χ0) is 13.2. The average Bonchev–Trinajstić information content (AvgIpc) is 3.07. The first-order valence-corrected chi connectivity index (χ1v) is 6.78. The van der Waals surface area contributed by atoms with Crippen molar-refractivity contribution in [3.05, 3.63) is 35.4 Å². The second-order valence-corrected chi connectivity index (χ2v) is 5.33. The van der Waals surface area contributed by atoms with Gasteiger partial charge in [-0.2, -0.15) is 0 Å². The minimum absolute atomic E-state index is 0.141. The molecule has 3 rings (SSSR count). The smallest absolute Gasteiger partial charge is 0.254 e. The zero-order valence-corrected chi connectivity index (χ0v) is 10.8. The van der Waals surface area contributed by atoms with Gasteiger partial charge >= 0.3 is 0 Å². The van der Waals surface area contributed by atoms with Gasteiger partial charge in [0.05, 0.1) is 0 Å². The fourth-order valence-corrected chi connectivity index (χ4v) is 3.18. The molecule has 1 amide bonds. The van der Waals surface area contributed by atoms with E-state index in [1.807, 2.05) is 29.2 Å². The zero-order valence-electron chi connectivity index (χ0n) is 10.8. The van der Waals surface area contributed by atoms with Gasteiger partial charge in [0, 0.05) is 23.7 Å². The monoisotopic (exact) mass is 255 g/mol. The van der Waals surface area contributed by atoms with Crippen molar-refractivity contribution in [3.63, 3.8) is 0 Å². The van der Waals surface area contributed by atoms with Gasteiger partial charge in [-0.15, -0.1) is 0 Å². The lowest BCUT2D eigenvalue weighted by atomic mass is 10.1. The summed E-state index contributed by atoms with van der Waals surface area (Å²) in [5.74, 6) is 6.31. The molecule has 2 aliphatic rings. The van der Waals surface area contributed by atoms with Crippen molar-refractivity contribution in [1.29, 1.82) is 0 Å². The number of rotatable bonds is 1. The van der Waals surface area contributed by atoms with Crippen molar-refractivity contribution in [1.82, 2.24) is 4.90 Å². The highest BCUT2D eigenvalue weighted by Crippen LogP contribution is 2.38. The van der Waals surface area contributed by atoms with Crippen LogP contribution in [-0.2, 0) is 0 Å². The van der Waals surface area contributed by atoms with Crippen LogP contribution < -0.4 is 0 Å². The first kappa shape index (κ1) is 12.3. The topological polar surface area (TPSA) is 40.5 Å². The molecule has 3 heteroatoms. The van der Waals surface area contributed by atoms with Gasteiger partial charge < -0.3 is 10.0 Å². The van der Waals surface area contributed by atoms with E-state index in [0.717, 1.165) is 30.0 Å². The molecule has 2 atom stereocenters. The van der Waals surface area contributed by atoms with Gasteiger partial charge in [-0.25, -0.2) is 0 Å². The van der Waals surface area contributed by atoms with E-state index in [0.29, 0.717) is 6.04 Å². The summed E-state index contributed by atoms with van der Waals surface area (Å²) >= 11 is 0. The second kappa shape index (κ2) is 5.07. The summed E-state index contributed by atoms with van der Waals surface area (Å²) in [6, 6.07) is 7.80. The molecule has 2 bridgehead atoms. The predicted octanol–water partition coefficient (Wildman–Crippen LogP) is 1.65. The van der Waals surface area contributed by atoms with E-state index in [-0.39, 0.29) is 12.5 Å². The molecule has 3 nitrogen and oxygen atoms in total. The summed E-state index contributed by atoms with van der Waals surface area (Å²) in [6.07, 6.45) is 3.63. The Morgan fingerprint density at radius 2 is 2.11 bits per heavy atom. The number of piperidine rings is 1. The number of aliphatic hydroxyl groups is 1. The number of likely N-dealkylation sites (tertiary alicyclic amines) is 1. The van der Waals surface area contributed by atoms with Gasteiger partial charge in [0.1, 0.15) is 6.61 Å². The standard InChI is InChI=1S/C16H17NO2/c18-9-1-2-12-3-6-14(7-4-12)16(19)17-11-13-5-8-15(17)10-13/h3-4,6-7,13,15,18H,5,8-11H2. The van der Waals surface area contributed by atoms with Gasteiger partial charge in [-0.1, -0.05) is 11.8 Å². The fourth-order valence-electron chi connectivity index (χ4n) is 3.18. The van der Waals surface area contributed by atoms with Crippen LogP contribution >= 0.6 is 0 Å². The van der Waals surface area contributed by atoms with Crippen LogP contribution in [0.1, 0.15) is 35.2 Å². The lowest BCUT2D eigenvalue weighted by molar-refractivity contribution is 0.0703. The van der Waals surface area contributed by atoms with Crippen LogP contribution in [0.4, 0.5) is 0 Å². The number of carbonyl (C=O) groups excluding carboxylic acids is 1. The number of hydrogen-bond acceptors (Lipinski definition) is 2. The van der Waals surface area contributed by atoms with E-state index in [4.69, 9.17) is 5.11 Å². The lowest BCUT2D eigenvalue weighted by Gasteiger charge is -2.27. The molecule has 0 aromatic heterocycles. The van der Waals surface area contributed by atoms with Crippen molar-refractivity contribution >= 4 is 5.91 Å². The summed E-state index contributed by atoms with van der Waals surface area (Å²) < 4.78 is 0. The molecule has 0 spiro atoms. The van der Waals surface area contributed by atoms with Crippen molar-refractivity contribution in [3.8, 4) is 11.8 Å². The number of amides is 1. The van der Waals surface area contributed by atoms with Crippen LogP contribution in [0.25, 0.3) is 0 Å². The van der Waals surface area contributed by atoms with Crippen molar-refractivity contribution in [2.45, 2.75) is 25.3 Å². The molecule has 1 aliphatic carbocycles. The van der Waals surface area contributed by atoms with Crippen molar-refractivity contribution in [2.24, 2.45) is 5.92 Å². The molecule has 1 aromatic rings. The molecule has 1 saturated heterocycles. The van der Waals surface area contributed by atoms with Crippen LogP contribution in [0.15, 0.2) is 24.3 Å². The number of benzene rings is 1. The summed E-state index contributed by atoms with van der Waals surface area (Å²) in [5, 5.41) is 8.64. The Bertz CT molecular complexity index is 538. The molecule has 2 unspecified atom stereocenters. The van der Waals surface area contributed by atoms with E-state index in [1.54, 1.807) is 0 Å². The SMILES string of the molecule is O=C(c1ccc(C#CCO)cc1)N1CC2CCC1C2. The first-order chi connectivity index (χ1) is 9.28. The Labute approximate surface area is 113 Å². The maximum absolute atomic E-state index is 12.4. The first-order valence-electron chi connectivity index (χ1n) is 6.78. The van der Waals surface area contributed by atoms with Gasteiger partial charge in [0.25, 0.3) is 5.91 Å². The van der Waals surface area contributed by atoms with E-state index >= 15 is 0 Å². The Balaban J connectivity index is 1.73. The molecule has 0 radical (unpaired) electrons. The quantitative estimate of drug-likeness (QED) is 0.775. The maximum atomic E-state index is 12.4. The number of nitrogens with zero attached hydrogens (tertiary/aromatic N) is 1. The predicted molar refractivity (Wildman–Crippen MR) is 72.6 cm³/mol. The van der Waals surface area contributed by atoms with E-state index in [1.165, 1.54) is 12.8 Å². The number of hydrogen-bond donors (Lipinski definition) is 1. The molecular weight excluding hydrogens is 238 g/mol. The summed E-state index contributed by atoms with van der Waals surface area (Å²) in [6.45, 7) is 0.785. The lowest BCUT2D eigenvalue weighted by Crippen LogP contribution is -2.37. The molecule has 98 valence electrons. The van der Waals surface area contributed by atoms with E-state index in [9.17, 15) is 4.79 Å². The molecule has 2 fully saturated rings. The highest BCUT2D eigenvalue weighted by atomic mass is 16.2. The third-order valence-corrected chi connectivity index (χ3v) is 4.11. The highest BCUT2D eigenvalue weighted by molar-refractivity contribution is 5.94. The molecular formula is C16H17NO2. The summed E-state index contributed by atoms with van der Waals surface area (Å²) in [4.78, 5) is 14.4. The van der Waals surface area contributed by atoms with Crippen LogP contribution in [0.3, 0.4) is 0 Å². The Kier molecular flexibility index (Phi) is 3.27. The normalized spacial score (nSPS) is 24.2. The average molecular weight is 255 g/mol. The maximum Gasteiger partial charge on any atom is 0.254 e. The number of aliphatic hydroxyl groups excluding tert-OH is 1. The van der Waals surface area contributed by atoms with Crippen LogP contribution in [-0.4, -0.2) is 35.1 Å². The van der Waals surface area contributed by atoms with E-state index in [2.05, 4.69) is 11.8 Å². The Morgan fingerprint density at radius 1 is 1.32 bits per heavy atom. The van der Waals surface area contributed by atoms with Crippen molar-refractivity contribution < 1.29 is 9.90 Å². The van der Waals surface area contributed by atoms with E-state index < -0.39 is 0 Å². The van der Waals surface area contributed by atoms with Crippen molar-refractivity contribution in [2.75, 3.05) is 13.2 Å². The fraction of sp³-hybridized carbons (Fsp3) is 0.438. The molecule has 1 saturated carbocycles. The van der Waals surface area contributed by atoms with Crippen LogP contribution in [0, 0.1) is 17.8 Å². The van der Waals surface area contributed by atoms with Crippen LogP contribution in [0.5, 0.6) is 0 Å². The molecule has 1 N–H and O–H groups in total.